The number of pyridine rings is 1. The SMILES string of the molecule is CC(Nc1ccnc(C#N)c1)C(=O)NC1CC1. The van der Waals surface area contributed by atoms with Crippen molar-refractivity contribution >= 4 is 11.6 Å². The summed E-state index contributed by atoms with van der Waals surface area (Å²) in [7, 11) is 0. The molecule has 1 aromatic heterocycles. The lowest BCUT2D eigenvalue weighted by atomic mass is 10.2. The van der Waals surface area contributed by atoms with Crippen molar-refractivity contribution in [2.75, 3.05) is 5.32 Å². The van der Waals surface area contributed by atoms with Gasteiger partial charge in [-0.15, -0.1) is 0 Å². The molecule has 5 nitrogen and oxygen atoms in total. The molecule has 0 radical (unpaired) electrons. The van der Waals surface area contributed by atoms with Gasteiger partial charge in [-0.3, -0.25) is 4.79 Å². The molecule has 1 unspecified atom stereocenters. The summed E-state index contributed by atoms with van der Waals surface area (Å²) in [5, 5.41) is 14.7. The maximum absolute atomic E-state index is 11.7. The Labute approximate surface area is 99.9 Å². The highest BCUT2D eigenvalue weighted by Gasteiger charge is 2.25. The molecular formula is C12H14N4O. The fraction of sp³-hybridized carbons (Fsp3) is 0.417. The van der Waals surface area contributed by atoms with Crippen LogP contribution >= 0.6 is 0 Å². The minimum absolute atomic E-state index is 0.0113. The van der Waals surface area contributed by atoms with Crippen LogP contribution in [0.4, 0.5) is 5.69 Å². The van der Waals surface area contributed by atoms with Crippen molar-refractivity contribution in [1.29, 1.82) is 5.26 Å². The standard InChI is InChI=1S/C12H14N4O/c1-8(12(17)16-9-2-3-9)15-10-4-5-14-11(6-10)7-13/h4-6,8-9H,2-3H2,1H3,(H,14,15)(H,16,17). The number of carbonyl (C=O) groups is 1. The molecule has 1 saturated carbocycles. The van der Waals surface area contributed by atoms with Crippen LogP contribution in [-0.2, 0) is 4.79 Å². The number of amides is 1. The Bertz CT molecular complexity index is 462. The predicted octanol–water partition coefficient (Wildman–Crippen LogP) is 1.03. The maximum Gasteiger partial charge on any atom is 0.242 e. The quantitative estimate of drug-likeness (QED) is 0.810. The molecule has 1 aliphatic rings. The van der Waals surface area contributed by atoms with Crippen LogP contribution in [0.2, 0.25) is 0 Å². The Balaban J connectivity index is 1.94. The van der Waals surface area contributed by atoms with Crippen molar-refractivity contribution in [2.24, 2.45) is 0 Å². The minimum Gasteiger partial charge on any atom is -0.374 e. The number of rotatable bonds is 4. The molecule has 1 heterocycles. The molecule has 0 aliphatic heterocycles. The molecule has 1 aromatic rings. The zero-order valence-corrected chi connectivity index (χ0v) is 9.60. The van der Waals surface area contributed by atoms with E-state index in [2.05, 4.69) is 15.6 Å². The molecule has 88 valence electrons. The molecule has 0 bridgehead atoms. The van der Waals surface area contributed by atoms with Crippen LogP contribution < -0.4 is 10.6 Å². The molecule has 5 heteroatoms. The van der Waals surface area contributed by atoms with Gasteiger partial charge in [0.2, 0.25) is 5.91 Å². The van der Waals surface area contributed by atoms with E-state index in [0.717, 1.165) is 18.5 Å². The number of nitrogens with one attached hydrogen (secondary N) is 2. The summed E-state index contributed by atoms with van der Waals surface area (Å²) < 4.78 is 0. The molecule has 17 heavy (non-hydrogen) atoms. The van der Waals surface area contributed by atoms with Gasteiger partial charge in [-0.1, -0.05) is 0 Å². The summed E-state index contributed by atoms with van der Waals surface area (Å²) in [6, 6.07) is 5.37. The Morgan fingerprint density at radius 1 is 1.65 bits per heavy atom. The topological polar surface area (TPSA) is 77.8 Å². The normalized spacial score (nSPS) is 15.8. The molecular weight excluding hydrogens is 216 g/mol. The molecule has 0 aromatic carbocycles. The summed E-state index contributed by atoms with van der Waals surface area (Å²) in [5.74, 6) is -0.0113. The van der Waals surface area contributed by atoms with Crippen LogP contribution in [0.3, 0.4) is 0 Å². The third-order valence-corrected chi connectivity index (χ3v) is 2.57. The second kappa shape index (κ2) is 4.83. The van der Waals surface area contributed by atoms with Gasteiger partial charge in [0.15, 0.2) is 0 Å². The lowest BCUT2D eigenvalue weighted by Gasteiger charge is -2.14. The van der Waals surface area contributed by atoms with E-state index in [1.807, 2.05) is 6.07 Å². The van der Waals surface area contributed by atoms with Crippen molar-refractivity contribution in [1.82, 2.24) is 10.3 Å². The van der Waals surface area contributed by atoms with Crippen molar-refractivity contribution < 1.29 is 4.79 Å². The highest BCUT2D eigenvalue weighted by Crippen LogP contribution is 2.19. The van der Waals surface area contributed by atoms with E-state index in [1.165, 1.54) is 0 Å². The fourth-order valence-corrected chi connectivity index (χ4v) is 1.45. The Morgan fingerprint density at radius 2 is 2.41 bits per heavy atom. The third-order valence-electron chi connectivity index (χ3n) is 2.57. The van der Waals surface area contributed by atoms with Crippen LogP contribution in [0.1, 0.15) is 25.5 Å². The highest BCUT2D eigenvalue weighted by atomic mass is 16.2. The maximum atomic E-state index is 11.7. The lowest BCUT2D eigenvalue weighted by molar-refractivity contribution is -0.121. The van der Waals surface area contributed by atoms with E-state index in [-0.39, 0.29) is 11.9 Å². The number of nitrogens with zero attached hydrogens (tertiary/aromatic N) is 2. The van der Waals surface area contributed by atoms with Crippen molar-refractivity contribution in [3.8, 4) is 6.07 Å². The second-order valence-electron chi connectivity index (χ2n) is 4.19. The van der Waals surface area contributed by atoms with Gasteiger partial charge in [-0.2, -0.15) is 5.26 Å². The summed E-state index contributed by atoms with van der Waals surface area (Å²) in [5.41, 5.74) is 1.07. The number of aromatic nitrogens is 1. The van der Waals surface area contributed by atoms with Gasteiger partial charge < -0.3 is 10.6 Å². The van der Waals surface area contributed by atoms with Crippen LogP contribution in [0.5, 0.6) is 0 Å². The molecule has 1 fully saturated rings. The number of hydrogen-bond donors (Lipinski definition) is 2. The van der Waals surface area contributed by atoms with Crippen molar-refractivity contribution in [3.63, 3.8) is 0 Å². The van der Waals surface area contributed by atoms with E-state index in [1.54, 1.807) is 25.3 Å². The Kier molecular flexibility index (Phi) is 3.24. The average Bonchev–Trinajstić information content (AvgIpc) is 3.13. The summed E-state index contributed by atoms with van der Waals surface area (Å²) in [6.45, 7) is 1.80. The molecule has 1 atom stereocenters. The first-order chi connectivity index (χ1) is 8.19. The second-order valence-corrected chi connectivity index (χ2v) is 4.19. The number of carbonyl (C=O) groups excluding carboxylic acids is 1. The minimum atomic E-state index is -0.315. The first-order valence-corrected chi connectivity index (χ1v) is 5.62. The van der Waals surface area contributed by atoms with Crippen LogP contribution in [0.25, 0.3) is 0 Å². The van der Waals surface area contributed by atoms with Crippen molar-refractivity contribution in [2.45, 2.75) is 31.8 Å². The molecule has 0 spiro atoms. The molecule has 2 rings (SSSR count). The van der Waals surface area contributed by atoms with E-state index in [4.69, 9.17) is 5.26 Å². The van der Waals surface area contributed by atoms with Gasteiger partial charge in [0.05, 0.1) is 0 Å². The highest BCUT2D eigenvalue weighted by molar-refractivity contribution is 5.84. The van der Waals surface area contributed by atoms with Gasteiger partial charge in [0.25, 0.3) is 0 Å². The smallest absolute Gasteiger partial charge is 0.242 e. The largest absolute Gasteiger partial charge is 0.374 e. The number of anilines is 1. The number of nitriles is 1. The van der Waals surface area contributed by atoms with E-state index >= 15 is 0 Å². The molecule has 1 aliphatic carbocycles. The van der Waals surface area contributed by atoms with E-state index in [0.29, 0.717) is 11.7 Å². The summed E-state index contributed by atoms with van der Waals surface area (Å²) in [4.78, 5) is 15.6. The predicted molar refractivity (Wildman–Crippen MR) is 63.2 cm³/mol. The average molecular weight is 230 g/mol. The lowest BCUT2D eigenvalue weighted by Crippen LogP contribution is -2.38. The molecule has 1 amide bonds. The van der Waals surface area contributed by atoms with Crippen LogP contribution in [-0.4, -0.2) is 23.0 Å². The summed E-state index contributed by atoms with van der Waals surface area (Å²) in [6.07, 6.45) is 3.70. The van der Waals surface area contributed by atoms with Crippen LogP contribution in [0, 0.1) is 11.3 Å². The monoisotopic (exact) mass is 230 g/mol. The molecule has 0 saturated heterocycles. The third kappa shape index (κ3) is 3.18. The first kappa shape index (κ1) is 11.4. The van der Waals surface area contributed by atoms with Crippen LogP contribution in [0.15, 0.2) is 18.3 Å². The van der Waals surface area contributed by atoms with E-state index < -0.39 is 0 Å². The molecule has 2 N–H and O–H groups in total. The van der Waals surface area contributed by atoms with Crippen molar-refractivity contribution in [3.05, 3.63) is 24.0 Å². The number of hydrogen-bond acceptors (Lipinski definition) is 4. The van der Waals surface area contributed by atoms with Gasteiger partial charge in [-0.25, -0.2) is 4.98 Å². The van der Waals surface area contributed by atoms with E-state index in [9.17, 15) is 4.79 Å². The first-order valence-electron chi connectivity index (χ1n) is 5.62. The van der Waals surface area contributed by atoms with Gasteiger partial charge >= 0.3 is 0 Å². The zero-order chi connectivity index (χ0) is 12.3. The van der Waals surface area contributed by atoms with Gasteiger partial charge in [-0.05, 0) is 31.9 Å². The van der Waals surface area contributed by atoms with Gasteiger partial charge in [0, 0.05) is 17.9 Å². The van der Waals surface area contributed by atoms with Gasteiger partial charge in [0.1, 0.15) is 17.8 Å². The summed E-state index contributed by atoms with van der Waals surface area (Å²) >= 11 is 0. The zero-order valence-electron chi connectivity index (χ0n) is 9.60. The Morgan fingerprint density at radius 3 is 3.06 bits per heavy atom. The fourth-order valence-electron chi connectivity index (χ4n) is 1.45. The Hall–Kier alpha value is -2.09.